The van der Waals surface area contributed by atoms with Crippen molar-refractivity contribution in [2.24, 2.45) is 0 Å². The van der Waals surface area contributed by atoms with Crippen LogP contribution < -0.4 is 20.3 Å². The third-order valence-electron chi connectivity index (χ3n) is 3.65. The van der Waals surface area contributed by atoms with Gasteiger partial charge in [-0.25, -0.2) is 0 Å². The molecule has 1 aromatic carbocycles. The van der Waals surface area contributed by atoms with E-state index in [1.807, 2.05) is 6.07 Å². The molecule has 9 heteroatoms. The first-order valence-corrected chi connectivity index (χ1v) is 7.47. The van der Waals surface area contributed by atoms with Crippen LogP contribution in [-0.4, -0.2) is 32.3 Å². The van der Waals surface area contributed by atoms with E-state index in [0.717, 1.165) is 5.56 Å². The van der Waals surface area contributed by atoms with Gasteiger partial charge >= 0.3 is 0 Å². The number of carbonyl (C=O) groups excluding carboxylic acids is 1. The molecule has 0 radical (unpaired) electrons. The van der Waals surface area contributed by atoms with Crippen molar-refractivity contribution in [3.05, 3.63) is 58.4 Å². The Labute approximate surface area is 140 Å². The highest BCUT2D eigenvalue weighted by Gasteiger charge is 2.12. The highest BCUT2D eigenvalue weighted by atomic mass is 16.7. The van der Waals surface area contributed by atoms with Crippen LogP contribution in [0.2, 0.25) is 0 Å². The van der Waals surface area contributed by atoms with Gasteiger partial charge in [-0.1, -0.05) is 6.07 Å². The summed E-state index contributed by atoms with van der Waals surface area (Å²) in [5.74, 6) is 1.52. The lowest BCUT2D eigenvalue weighted by Crippen LogP contribution is -2.22. The zero-order valence-electron chi connectivity index (χ0n) is 12.9. The summed E-state index contributed by atoms with van der Waals surface area (Å²) >= 11 is 0. The van der Waals surface area contributed by atoms with Gasteiger partial charge in [-0.2, -0.15) is 0 Å². The van der Waals surface area contributed by atoms with Crippen LogP contribution in [0.4, 0.5) is 0 Å². The summed E-state index contributed by atoms with van der Waals surface area (Å²) in [6, 6.07) is 5.42. The highest BCUT2D eigenvalue weighted by Crippen LogP contribution is 2.32. The number of fused-ring (bicyclic) bond motifs is 2. The molecule has 2 N–H and O–H groups in total. The number of nitrogens with one attached hydrogen (secondary N) is 2. The Bertz CT molecular complexity index is 1040. The Balaban J connectivity index is 1.42. The fraction of sp³-hybridized carbons (Fsp3) is 0.125. The van der Waals surface area contributed by atoms with Gasteiger partial charge in [0.05, 0.1) is 6.54 Å². The number of H-pyrrole nitrogens is 1. The van der Waals surface area contributed by atoms with E-state index in [2.05, 4.69) is 20.5 Å². The largest absolute Gasteiger partial charge is 0.454 e. The number of hydrogen-bond donors (Lipinski definition) is 2. The van der Waals surface area contributed by atoms with E-state index >= 15 is 0 Å². The summed E-state index contributed by atoms with van der Waals surface area (Å²) in [4.78, 5) is 26.1. The van der Waals surface area contributed by atoms with Crippen LogP contribution >= 0.6 is 0 Å². The Morgan fingerprint density at radius 1 is 1.32 bits per heavy atom. The van der Waals surface area contributed by atoms with Gasteiger partial charge in [0.15, 0.2) is 17.3 Å². The number of aromatic nitrogens is 4. The molecule has 126 valence electrons. The van der Waals surface area contributed by atoms with Crippen molar-refractivity contribution in [2.75, 3.05) is 6.79 Å². The number of carbonyl (C=O) groups is 1. The highest BCUT2D eigenvalue weighted by molar-refractivity contribution is 5.91. The number of benzene rings is 1. The number of hydrogen-bond acceptors (Lipinski definition) is 6. The van der Waals surface area contributed by atoms with E-state index in [4.69, 9.17) is 9.47 Å². The normalized spacial score (nSPS) is 12.8. The topological polar surface area (TPSA) is 111 Å². The van der Waals surface area contributed by atoms with E-state index in [1.165, 1.54) is 16.7 Å². The molecule has 3 aromatic rings. The smallest absolute Gasteiger partial charge is 0.293 e. The van der Waals surface area contributed by atoms with E-state index in [0.29, 0.717) is 17.3 Å². The van der Waals surface area contributed by atoms with Gasteiger partial charge in [0, 0.05) is 18.5 Å². The maximum absolute atomic E-state index is 12.0. The molecule has 0 spiro atoms. The monoisotopic (exact) mass is 339 g/mol. The second-order valence-corrected chi connectivity index (χ2v) is 5.26. The molecule has 2 aromatic heterocycles. The summed E-state index contributed by atoms with van der Waals surface area (Å²) in [6.07, 6.45) is 6.20. The molecule has 1 aliphatic rings. The van der Waals surface area contributed by atoms with E-state index in [1.54, 1.807) is 24.4 Å². The molecule has 0 atom stereocenters. The van der Waals surface area contributed by atoms with Gasteiger partial charge < -0.3 is 19.8 Å². The summed E-state index contributed by atoms with van der Waals surface area (Å²) in [5.41, 5.74) is 0.664. The lowest BCUT2D eigenvalue weighted by molar-refractivity contribution is -0.116. The molecule has 0 aliphatic carbocycles. The lowest BCUT2D eigenvalue weighted by Gasteiger charge is -2.01. The van der Waals surface area contributed by atoms with Gasteiger partial charge in [-0.15, -0.1) is 10.2 Å². The first-order valence-electron chi connectivity index (χ1n) is 7.47. The van der Waals surface area contributed by atoms with Crippen molar-refractivity contribution >= 4 is 17.6 Å². The minimum atomic E-state index is -0.338. The van der Waals surface area contributed by atoms with E-state index in [-0.39, 0.29) is 30.5 Å². The van der Waals surface area contributed by atoms with Crippen LogP contribution in [0, 0.1) is 0 Å². The fourth-order valence-corrected chi connectivity index (χ4v) is 2.42. The lowest BCUT2D eigenvalue weighted by atomic mass is 10.2. The minimum absolute atomic E-state index is 0.148. The molecule has 1 aliphatic heterocycles. The number of rotatable bonds is 4. The van der Waals surface area contributed by atoms with Crippen molar-refractivity contribution in [3.8, 4) is 11.5 Å². The second-order valence-electron chi connectivity index (χ2n) is 5.26. The van der Waals surface area contributed by atoms with Crippen LogP contribution in [0.25, 0.3) is 11.7 Å². The van der Waals surface area contributed by atoms with Crippen LogP contribution in [0.1, 0.15) is 11.4 Å². The van der Waals surface area contributed by atoms with Gasteiger partial charge in [0.25, 0.3) is 5.56 Å². The fourth-order valence-electron chi connectivity index (χ4n) is 2.42. The number of nitrogens with zero attached hydrogens (tertiary/aromatic N) is 3. The quantitative estimate of drug-likeness (QED) is 0.669. The predicted molar refractivity (Wildman–Crippen MR) is 87.1 cm³/mol. The van der Waals surface area contributed by atoms with Crippen molar-refractivity contribution in [1.82, 2.24) is 24.9 Å². The zero-order valence-corrected chi connectivity index (χ0v) is 12.9. The molecule has 0 unspecified atom stereocenters. The molecule has 25 heavy (non-hydrogen) atoms. The second kappa shape index (κ2) is 6.11. The van der Waals surface area contributed by atoms with Crippen molar-refractivity contribution in [1.29, 1.82) is 0 Å². The SMILES string of the molecule is O=C(/C=C/c1ccc2c(c1)OCO2)NCc1nnc2c(=O)[nH]ccn12. The van der Waals surface area contributed by atoms with Crippen molar-refractivity contribution < 1.29 is 14.3 Å². The van der Waals surface area contributed by atoms with Crippen LogP contribution in [0.5, 0.6) is 11.5 Å². The molecule has 0 bridgehead atoms. The number of aromatic amines is 1. The summed E-state index contributed by atoms with van der Waals surface area (Å²) < 4.78 is 12.1. The average Bonchev–Trinajstić information content (AvgIpc) is 3.25. The minimum Gasteiger partial charge on any atom is -0.454 e. The molecule has 1 amide bonds. The maximum atomic E-state index is 12.0. The first kappa shape index (κ1) is 14.9. The van der Waals surface area contributed by atoms with Gasteiger partial charge in [-0.05, 0) is 23.8 Å². The Morgan fingerprint density at radius 3 is 3.12 bits per heavy atom. The van der Waals surface area contributed by atoms with Gasteiger partial charge in [-0.3, -0.25) is 14.0 Å². The van der Waals surface area contributed by atoms with E-state index < -0.39 is 0 Å². The molecule has 3 heterocycles. The Kier molecular flexibility index (Phi) is 3.65. The Morgan fingerprint density at radius 2 is 2.20 bits per heavy atom. The molecule has 0 saturated heterocycles. The third kappa shape index (κ3) is 2.94. The van der Waals surface area contributed by atoms with Crippen molar-refractivity contribution in [3.63, 3.8) is 0 Å². The van der Waals surface area contributed by atoms with E-state index in [9.17, 15) is 9.59 Å². The number of amides is 1. The summed E-state index contributed by atoms with van der Waals surface area (Å²) in [6.45, 7) is 0.354. The van der Waals surface area contributed by atoms with Crippen LogP contribution in [-0.2, 0) is 11.3 Å². The molecule has 4 rings (SSSR count). The summed E-state index contributed by atoms with van der Waals surface area (Å²) in [7, 11) is 0. The maximum Gasteiger partial charge on any atom is 0.293 e. The molecular weight excluding hydrogens is 326 g/mol. The predicted octanol–water partition coefficient (Wildman–Crippen LogP) is 0.476. The summed E-state index contributed by atoms with van der Waals surface area (Å²) in [5, 5.41) is 10.4. The zero-order chi connectivity index (χ0) is 17.2. The molecular formula is C16H13N5O4. The number of ether oxygens (including phenoxy) is 2. The van der Waals surface area contributed by atoms with Crippen LogP contribution in [0.3, 0.4) is 0 Å². The average molecular weight is 339 g/mol. The van der Waals surface area contributed by atoms with Gasteiger partial charge in [0.1, 0.15) is 0 Å². The Hall–Kier alpha value is -3.62. The van der Waals surface area contributed by atoms with Gasteiger partial charge in [0.2, 0.25) is 18.3 Å². The molecule has 9 nitrogen and oxygen atoms in total. The van der Waals surface area contributed by atoms with Crippen LogP contribution in [0.15, 0.2) is 41.5 Å². The standard InChI is InChI=1S/C16H13N5O4/c22-14(4-2-10-1-3-11-12(7-10)25-9-24-11)18-8-13-19-20-15-16(23)17-5-6-21(13)15/h1-7H,8-9H2,(H,17,23)(H,18,22)/b4-2+. The first-order chi connectivity index (χ1) is 12.2. The third-order valence-corrected chi connectivity index (χ3v) is 3.65. The van der Waals surface area contributed by atoms with Crippen molar-refractivity contribution in [2.45, 2.75) is 6.54 Å². The molecule has 0 saturated carbocycles. The molecule has 0 fully saturated rings.